The molecule has 1 unspecified atom stereocenters. The minimum Gasteiger partial charge on any atom is -0.371 e. The SMILES string of the molecule is CN1CCOC(c2cccc(-c3nnc(-c4ccon4)s3)c2)C1. The Bertz CT molecular complexity index is 787. The van der Waals surface area contributed by atoms with Crippen LogP contribution in [-0.2, 0) is 4.74 Å². The van der Waals surface area contributed by atoms with E-state index >= 15 is 0 Å². The van der Waals surface area contributed by atoms with Crippen LogP contribution in [0.1, 0.15) is 11.7 Å². The van der Waals surface area contributed by atoms with Gasteiger partial charge in [-0.3, -0.25) is 0 Å². The van der Waals surface area contributed by atoms with Gasteiger partial charge in [-0.05, 0) is 18.7 Å². The van der Waals surface area contributed by atoms with Gasteiger partial charge in [0.1, 0.15) is 17.0 Å². The van der Waals surface area contributed by atoms with Crippen molar-refractivity contribution in [1.82, 2.24) is 20.3 Å². The molecule has 118 valence electrons. The number of hydrogen-bond acceptors (Lipinski definition) is 7. The maximum Gasteiger partial charge on any atom is 0.170 e. The molecule has 1 fully saturated rings. The molecule has 2 aromatic heterocycles. The van der Waals surface area contributed by atoms with Gasteiger partial charge in [-0.25, -0.2) is 0 Å². The third-order valence-electron chi connectivity index (χ3n) is 3.86. The first-order chi connectivity index (χ1) is 11.3. The van der Waals surface area contributed by atoms with Gasteiger partial charge in [0.25, 0.3) is 0 Å². The zero-order valence-corrected chi connectivity index (χ0v) is 13.5. The molecule has 0 bridgehead atoms. The molecule has 0 saturated carbocycles. The first-order valence-corrected chi connectivity index (χ1v) is 8.26. The third-order valence-corrected chi connectivity index (χ3v) is 4.85. The molecular formula is C16H16N4O2S. The molecule has 0 spiro atoms. The van der Waals surface area contributed by atoms with Crippen molar-refractivity contribution in [1.29, 1.82) is 0 Å². The fourth-order valence-electron chi connectivity index (χ4n) is 2.62. The highest BCUT2D eigenvalue weighted by Gasteiger charge is 2.20. The number of nitrogens with zero attached hydrogens (tertiary/aromatic N) is 4. The smallest absolute Gasteiger partial charge is 0.170 e. The topological polar surface area (TPSA) is 64.3 Å². The molecule has 1 aliphatic rings. The highest BCUT2D eigenvalue weighted by molar-refractivity contribution is 7.17. The third kappa shape index (κ3) is 3.03. The average molecular weight is 328 g/mol. The molecular weight excluding hydrogens is 312 g/mol. The van der Waals surface area contributed by atoms with Crippen LogP contribution in [-0.4, -0.2) is 47.0 Å². The first-order valence-electron chi connectivity index (χ1n) is 7.44. The summed E-state index contributed by atoms with van der Waals surface area (Å²) in [7, 11) is 2.12. The lowest BCUT2D eigenvalue weighted by atomic mass is 10.0. The van der Waals surface area contributed by atoms with E-state index in [9.17, 15) is 0 Å². The fraction of sp³-hybridized carbons (Fsp3) is 0.312. The number of ether oxygens (including phenoxy) is 1. The largest absolute Gasteiger partial charge is 0.371 e. The highest BCUT2D eigenvalue weighted by atomic mass is 32.1. The Morgan fingerprint density at radius 2 is 2.13 bits per heavy atom. The lowest BCUT2D eigenvalue weighted by Gasteiger charge is -2.30. The van der Waals surface area contributed by atoms with E-state index in [2.05, 4.69) is 39.4 Å². The summed E-state index contributed by atoms with van der Waals surface area (Å²) in [6.07, 6.45) is 1.64. The van der Waals surface area contributed by atoms with Gasteiger partial charge in [-0.2, -0.15) is 0 Å². The normalized spacial score (nSPS) is 19.1. The van der Waals surface area contributed by atoms with Crippen molar-refractivity contribution in [3.63, 3.8) is 0 Å². The van der Waals surface area contributed by atoms with Crippen molar-refractivity contribution in [2.75, 3.05) is 26.7 Å². The summed E-state index contributed by atoms with van der Waals surface area (Å²) in [4.78, 5) is 2.29. The molecule has 1 atom stereocenters. The monoisotopic (exact) mass is 328 g/mol. The Kier molecular flexibility index (Phi) is 3.90. The second kappa shape index (κ2) is 6.19. The molecule has 7 heteroatoms. The number of morpholine rings is 1. The van der Waals surface area contributed by atoms with Gasteiger partial charge < -0.3 is 14.2 Å². The zero-order valence-electron chi connectivity index (χ0n) is 12.7. The van der Waals surface area contributed by atoms with Gasteiger partial charge in [0.15, 0.2) is 5.01 Å². The second-order valence-electron chi connectivity index (χ2n) is 5.54. The van der Waals surface area contributed by atoms with E-state index in [0.717, 1.165) is 35.3 Å². The minimum atomic E-state index is 0.108. The van der Waals surface area contributed by atoms with E-state index in [4.69, 9.17) is 9.26 Å². The van der Waals surface area contributed by atoms with E-state index in [1.165, 1.54) is 23.2 Å². The molecule has 1 aromatic carbocycles. The summed E-state index contributed by atoms with van der Waals surface area (Å²) in [5, 5.41) is 14.0. The van der Waals surface area contributed by atoms with Gasteiger partial charge in [0, 0.05) is 24.7 Å². The van der Waals surface area contributed by atoms with Gasteiger partial charge >= 0.3 is 0 Å². The Morgan fingerprint density at radius 3 is 2.96 bits per heavy atom. The predicted molar refractivity (Wildman–Crippen MR) is 87.0 cm³/mol. The van der Waals surface area contributed by atoms with E-state index in [0.29, 0.717) is 5.69 Å². The number of aromatic nitrogens is 3. The fourth-order valence-corrected chi connectivity index (χ4v) is 3.42. The van der Waals surface area contributed by atoms with Crippen molar-refractivity contribution in [2.45, 2.75) is 6.10 Å². The van der Waals surface area contributed by atoms with E-state index in [1.54, 1.807) is 6.07 Å². The molecule has 4 rings (SSSR count). The predicted octanol–water partition coefficient (Wildman–Crippen LogP) is 2.86. The van der Waals surface area contributed by atoms with Gasteiger partial charge in [0.2, 0.25) is 0 Å². The van der Waals surface area contributed by atoms with E-state index in [1.807, 2.05) is 12.1 Å². The summed E-state index contributed by atoms with van der Waals surface area (Å²) < 4.78 is 10.8. The molecule has 0 N–H and O–H groups in total. The molecule has 1 aliphatic heterocycles. The van der Waals surface area contributed by atoms with Crippen LogP contribution in [0.15, 0.2) is 41.1 Å². The summed E-state index contributed by atoms with van der Waals surface area (Å²) in [6, 6.07) is 10.1. The van der Waals surface area contributed by atoms with Crippen LogP contribution in [0.25, 0.3) is 21.3 Å². The van der Waals surface area contributed by atoms with Crippen molar-refractivity contribution in [3.8, 4) is 21.3 Å². The summed E-state index contributed by atoms with van der Waals surface area (Å²) in [5.41, 5.74) is 2.93. The van der Waals surface area contributed by atoms with Crippen LogP contribution < -0.4 is 0 Å². The lowest BCUT2D eigenvalue weighted by Crippen LogP contribution is -2.35. The van der Waals surface area contributed by atoms with Crippen LogP contribution in [0, 0.1) is 0 Å². The lowest BCUT2D eigenvalue weighted by molar-refractivity contribution is -0.0208. The van der Waals surface area contributed by atoms with Crippen LogP contribution in [0.2, 0.25) is 0 Å². The van der Waals surface area contributed by atoms with E-state index in [-0.39, 0.29) is 6.10 Å². The zero-order chi connectivity index (χ0) is 15.6. The van der Waals surface area contributed by atoms with Crippen molar-refractivity contribution >= 4 is 11.3 Å². The number of rotatable bonds is 3. The van der Waals surface area contributed by atoms with E-state index < -0.39 is 0 Å². The number of hydrogen-bond donors (Lipinski definition) is 0. The van der Waals surface area contributed by atoms with Crippen LogP contribution >= 0.6 is 11.3 Å². The van der Waals surface area contributed by atoms with Gasteiger partial charge in [-0.1, -0.05) is 34.7 Å². The molecule has 0 amide bonds. The second-order valence-corrected chi connectivity index (χ2v) is 6.52. The highest BCUT2D eigenvalue weighted by Crippen LogP contribution is 2.31. The molecule has 0 aliphatic carbocycles. The quantitative estimate of drug-likeness (QED) is 0.736. The minimum absolute atomic E-state index is 0.108. The molecule has 0 radical (unpaired) electrons. The van der Waals surface area contributed by atoms with Crippen molar-refractivity contribution in [3.05, 3.63) is 42.2 Å². The molecule has 6 nitrogen and oxygen atoms in total. The number of likely N-dealkylation sites (N-methyl/N-ethyl adjacent to an activating group) is 1. The standard InChI is InChI=1S/C16H16N4O2S/c1-20-6-8-21-14(10-20)11-3-2-4-12(9-11)15-17-18-16(23-15)13-5-7-22-19-13/h2-5,7,9,14H,6,8,10H2,1H3. The Morgan fingerprint density at radius 1 is 1.22 bits per heavy atom. The Balaban J connectivity index is 1.61. The Labute approximate surface area is 137 Å². The van der Waals surface area contributed by atoms with Crippen molar-refractivity contribution in [2.24, 2.45) is 0 Å². The van der Waals surface area contributed by atoms with Crippen molar-refractivity contribution < 1.29 is 9.26 Å². The van der Waals surface area contributed by atoms with Gasteiger partial charge in [0.05, 0.1) is 12.7 Å². The number of benzene rings is 1. The molecule has 3 aromatic rings. The van der Waals surface area contributed by atoms with Gasteiger partial charge in [-0.15, -0.1) is 10.2 Å². The van der Waals surface area contributed by atoms with Crippen LogP contribution in [0.4, 0.5) is 0 Å². The van der Waals surface area contributed by atoms with Crippen LogP contribution in [0.3, 0.4) is 0 Å². The molecule has 1 saturated heterocycles. The average Bonchev–Trinajstić information content (AvgIpc) is 3.26. The maximum absolute atomic E-state index is 5.89. The Hall–Kier alpha value is -2.09. The first kappa shape index (κ1) is 14.5. The molecule has 23 heavy (non-hydrogen) atoms. The summed E-state index contributed by atoms with van der Waals surface area (Å²) in [5.74, 6) is 0. The maximum atomic E-state index is 5.89. The molecule has 3 heterocycles. The summed E-state index contributed by atoms with van der Waals surface area (Å²) >= 11 is 1.50. The van der Waals surface area contributed by atoms with Crippen LogP contribution in [0.5, 0.6) is 0 Å². The summed E-state index contributed by atoms with van der Waals surface area (Å²) in [6.45, 7) is 2.65.